The summed E-state index contributed by atoms with van der Waals surface area (Å²) in [6.07, 6.45) is 4.81. The number of piperidine rings is 1. The van der Waals surface area contributed by atoms with Gasteiger partial charge in [0.15, 0.2) is 0 Å². The number of nitrogens with one attached hydrogen (secondary N) is 2. The van der Waals surface area contributed by atoms with Gasteiger partial charge in [0.25, 0.3) is 0 Å². The van der Waals surface area contributed by atoms with Gasteiger partial charge in [0, 0.05) is 30.9 Å². The van der Waals surface area contributed by atoms with Crippen molar-refractivity contribution in [1.82, 2.24) is 4.90 Å². The van der Waals surface area contributed by atoms with Crippen molar-refractivity contribution in [1.29, 1.82) is 0 Å². The SMILES string of the molecule is CCCC(=O)Nc1ccc(NCC(=O)N2CCCCC2)cc1. The second-order valence-corrected chi connectivity index (χ2v) is 5.67. The summed E-state index contributed by atoms with van der Waals surface area (Å²) < 4.78 is 0. The smallest absolute Gasteiger partial charge is 0.241 e. The van der Waals surface area contributed by atoms with Gasteiger partial charge in [-0.1, -0.05) is 6.92 Å². The van der Waals surface area contributed by atoms with Crippen LogP contribution in [-0.4, -0.2) is 36.3 Å². The van der Waals surface area contributed by atoms with Crippen molar-refractivity contribution in [2.24, 2.45) is 0 Å². The summed E-state index contributed by atoms with van der Waals surface area (Å²) in [6.45, 7) is 4.05. The molecule has 5 nitrogen and oxygen atoms in total. The third-order valence-electron chi connectivity index (χ3n) is 3.80. The van der Waals surface area contributed by atoms with E-state index in [2.05, 4.69) is 10.6 Å². The Hall–Kier alpha value is -2.04. The zero-order chi connectivity index (χ0) is 15.8. The van der Waals surface area contributed by atoms with Gasteiger partial charge in [0.05, 0.1) is 6.54 Å². The maximum Gasteiger partial charge on any atom is 0.241 e. The molecule has 22 heavy (non-hydrogen) atoms. The maximum absolute atomic E-state index is 12.1. The van der Waals surface area contributed by atoms with Gasteiger partial charge in [0.1, 0.15) is 0 Å². The highest BCUT2D eigenvalue weighted by Gasteiger charge is 2.15. The van der Waals surface area contributed by atoms with Crippen LogP contribution < -0.4 is 10.6 Å². The van der Waals surface area contributed by atoms with Crippen molar-refractivity contribution in [3.8, 4) is 0 Å². The number of amides is 2. The molecule has 2 rings (SSSR count). The monoisotopic (exact) mass is 303 g/mol. The van der Waals surface area contributed by atoms with Crippen LogP contribution in [0, 0.1) is 0 Å². The van der Waals surface area contributed by atoms with E-state index in [0.29, 0.717) is 13.0 Å². The number of carbonyl (C=O) groups is 2. The molecule has 2 N–H and O–H groups in total. The zero-order valence-corrected chi connectivity index (χ0v) is 13.2. The van der Waals surface area contributed by atoms with Crippen molar-refractivity contribution in [2.45, 2.75) is 39.0 Å². The van der Waals surface area contributed by atoms with Crippen LogP contribution in [0.5, 0.6) is 0 Å². The number of benzene rings is 1. The molecule has 1 heterocycles. The zero-order valence-electron chi connectivity index (χ0n) is 13.2. The van der Waals surface area contributed by atoms with Crippen molar-refractivity contribution in [3.63, 3.8) is 0 Å². The van der Waals surface area contributed by atoms with E-state index in [9.17, 15) is 9.59 Å². The van der Waals surface area contributed by atoms with E-state index in [-0.39, 0.29) is 11.8 Å². The molecule has 1 aliphatic rings. The first kappa shape index (κ1) is 16.3. The molecule has 0 atom stereocenters. The number of carbonyl (C=O) groups excluding carboxylic acids is 2. The summed E-state index contributed by atoms with van der Waals surface area (Å²) in [5, 5.41) is 5.99. The molecule has 0 bridgehead atoms. The first-order valence-corrected chi connectivity index (χ1v) is 8.10. The number of rotatable bonds is 6. The Morgan fingerprint density at radius 3 is 2.32 bits per heavy atom. The van der Waals surface area contributed by atoms with Gasteiger partial charge in [-0.15, -0.1) is 0 Å². The van der Waals surface area contributed by atoms with Crippen LogP contribution in [0.4, 0.5) is 11.4 Å². The van der Waals surface area contributed by atoms with Crippen molar-refractivity contribution in [2.75, 3.05) is 30.3 Å². The number of hydrogen-bond acceptors (Lipinski definition) is 3. The first-order chi connectivity index (χ1) is 10.7. The lowest BCUT2D eigenvalue weighted by atomic mass is 10.1. The van der Waals surface area contributed by atoms with Gasteiger partial charge in [0.2, 0.25) is 11.8 Å². The average Bonchev–Trinajstić information content (AvgIpc) is 2.55. The second-order valence-electron chi connectivity index (χ2n) is 5.67. The molecule has 1 saturated heterocycles. The van der Waals surface area contributed by atoms with Crippen molar-refractivity contribution >= 4 is 23.2 Å². The molecule has 1 fully saturated rings. The highest BCUT2D eigenvalue weighted by Crippen LogP contribution is 2.14. The number of anilines is 2. The fourth-order valence-electron chi connectivity index (χ4n) is 2.55. The molecule has 120 valence electrons. The maximum atomic E-state index is 12.1. The molecule has 0 saturated carbocycles. The molecule has 0 aliphatic carbocycles. The van der Waals surface area contributed by atoms with Gasteiger partial charge in [-0.2, -0.15) is 0 Å². The Balaban J connectivity index is 1.78. The Morgan fingerprint density at radius 1 is 1.05 bits per heavy atom. The number of hydrogen-bond donors (Lipinski definition) is 2. The van der Waals surface area contributed by atoms with Crippen LogP contribution in [0.15, 0.2) is 24.3 Å². The molecule has 0 unspecified atom stereocenters. The van der Waals surface area contributed by atoms with E-state index in [1.807, 2.05) is 36.1 Å². The normalized spacial score (nSPS) is 14.5. The van der Waals surface area contributed by atoms with Crippen LogP contribution in [0.2, 0.25) is 0 Å². The fraction of sp³-hybridized carbons (Fsp3) is 0.529. The highest BCUT2D eigenvalue weighted by molar-refractivity contribution is 5.90. The Morgan fingerprint density at radius 2 is 1.68 bits per heavy atom. The Labute approximate surface area is 132 Å². The van der Waals surface area contributed by atoms with Crippen LogP contribution in [0.25, 0.3) is 0 Å². The number of nitrogens with zero attached hydrogens (tertiary/aromatic N) is 1. The fourth-order valence-corrected chi connectivity index (χ4v) is 2.55. The largest absolute Gasteiger partial charge is 0.376 e. The molecule has 1 aromatic carbocycles. The molecular weight excluding hydrogens is 278 g/mol. The topological polar surface area (TPSA) is 61.4 Å². The molecule has 0 radical (unpaired) electrons. The van der Waals surface area contributed by atoms with Gasteiger partial charge >= 0.3 is 0 Å². The van der Waals surface area contributed by atoms with Crippen LogP contribution in [0.1, 0.15) is 39.0 Å². The van der Waals surface area contributed by atoms with E-state index in [1.165, 1.54) is 6.42 Å². The summed E-state index contributed by atoms with van der Waals surface area (Å²) in [4.78, 5) is 25.5. The second kappa shape index (κ2) is 8.41. The van der Waals surface area contributed by atoms with Gasteiger partial charge in [-0.3, -0.25) is 9.59 Å². The van der Waals surface area contributed by atoms with Gasteiger partial charge in [-0.05, 0) is 49.9 Å². The van der Waals surface area contributed by atoms with E-state index in [1.54, 1.807) is 0 Å². The molecule has 0 aromatic heterocycles. The van der Waals surface area contributed by atoms with E-state index >= 15 is 0 Å². The molecule has 2 amide bonds. The van der Waals surface area contributed by atoms with Gasteiger partial charge < -0.3 is 15.5 Å². The quantitative estimate of drug-likeness (QED) is 0.849. The van der Waals surface area contributed by atoms with Crippen LogP contribution in [0.3, 0.4) is 0 Å². The van der Waals surface area contributed by atoms with Gasteiger partial charge in [-0.25, -0.2) is 0 Å². The molecule has 1 aliphatic heterocycles. The molecule has 1 aromatic rings. The molecule has 0 spiro atoms. The van der Waals surface area contributed by atoms with Crippen LogP contribution >= 0.6 is 0 Å². The van der Waals surface area contributed by atoms with E-state index < -0.39 is 0 Å². The highest BCUT2D eigenvalue weighted by atomic mass is 16.2. The lowest BCUT2D eigenvalue weighted by molar-refractivity contribution is -0.130. The summed E-state index contributed by atoms with van der Waals surface area (Å²) >= 11 is 0. The first-order valence-electron chi connectivity index (χ1n) is 8.10. The summed E-state index contributed by atoms with van der Waals surface area (Å²) in [7, 11) is 0. The molecular formula is C17H25N3O2. The summed E-state index contributed by atoms with van der Waals surface area (Å²) in [5.74, 6) is 0.184. The lowest BCUT2D eigenvalue weighted by Gasteiger charge is -2.26. The third-order valence-corrected chi connectivity index (χ3v) is 3.80. The average molecular weight is 303 g/mol. The summed E-state index contributed by atoms with van der Waals surface area (Å²) in [5.41, 5.74) is 1.67. The minimum Gasteiger partial charge on any atom is -0.376 e. The third kappa shape index (κ3) is 5.06. The van der Waals surface area contributed by atoms with Crippen LogP contribution in [-0.2, 0) is 9.59 Å². The minimum atomic E-state index is 0.0310. The van der Waals surface area contributed by atoms with E-state index in [4.69, 9.17) is 0 Å². The standard InChI is InChI=1S/C17H25N3O2/c1-2-6-16(21)19-15-9-7-14(8-10-15)18-13-17(22)20-11-4-3-5-12-20/h7-10,18H,2-6,11-13H2,1H3,(H,19,21). The Kier molecular flexibility index (Phi) is 6.25. The predicted octanol–water partition coefficient (Wildman–Crippen LogP) is 2.85. The number of likely N-dealkylation sites (tertiary alicyclic amines) is 1. The summed E-state index contributed by atoms with van der Waals surface area (Å²) in [6, 6.07) is 7.46. The predicted molar refractivity (Wildman–Crippen MR) is 88.9 cm³/mol. The molecule has 5 heteroatoms. The van der Waals surface area contributed by atoms with Crippen molar-refractivity contribution in [3.05, 3.63) is 24.3 Å². The Bertz CT molecular complexity index is 493. The minimum absolute atomic E-state index is 0.0310. The van der Waals surface area contributed by atoms with E-state index in [0.717, 1.165) is 43.7 Å². The lowest BCUT2D eigenvalue weighted by Crippen LogP contribution is -2.39. The van der Waals surface area contributed by atoms with Crippen molar-refractivity contribution < 1.29 is 9.59 Å².